The molecule has 3 N–H and O–H groups in total. The van der Waals surface area contributed by atoms with Crippen LogP contribution in [0.5, 0.6) is 0 Å². The second-order valence-corrected chi connectivity index (χ2v) is 4.38. The number of alkyl halides is 3. The van der Waals surface area contributed by atoms with Crippen molar-refractivity contribution in [3.63, 3.8) is 0 Å². The SMILES string of the molecule is CCC(N)CNc1cnn(CC(F)(F)F)c(=O)c1Cl. The monoisotopic (exact) mass is 298 g/mol. The number of nitrogens with one attached hydrogen (secondary N) is 1. The summed E-state index contributed by atoms with van der Waals surface area (Å²) in [5.41, 5.74) is 4.85. The Labute approximate surface area is 112 Å². The molecule has 0 aliphatic heterocycles. The topological polar surface area (TPSA) is 72.9 Å². The van der Waals surface area contributed by atoms with E-state index in [0.29, 0.717) is 13.0 Å². The maximum Gasteiger partial charge on any atom is 0.408 e. The van der Waals surface area contributed by atoms with Crippen molar-refractivity contribution in [2.75, 3.05) is 11.9 Å². The molecule has 0 fully saturated rings. The van der Waals surface area contributed by atoms with Crippen molar-refractivity contribution in [2.24, 2.45) is 5.73 Å². The Morgan fingerprint density at radius 3 is 2.74 bits per heavy atom. The lowest BCUT2D eigenvalue weighted by molar-refractivity contribution is -0.143. The standard InChI is InChI=1S/C10H14ClF3N4O/c1-2-6(15)3-16-7-4-17-18(5-10(12,13)14)9(19)8(7)11/h4,6,16H,2-3,5,15H2,1H3. The van der Waals surface area contributed by atoms with Gasteiger partial charge >= 0.3 is 6.18 Å². The van der Waals surface area contributed by atoms with Gasteiger partial charge in [0.1, 0.15) is 11.6 Å². The highest BCUT2D eigenvalue weighted by Gasteiger charge is 2.29. The van der Waals surface area contributed by atoms with Crippen molar-refractivity contribution in [3.05, 3.63) is 21.6 Å². The van der Waals surface area contributed by atoms with Crippen molar-refractivity contribution >= 4 is 17.3 Å². The summed E-state index contributed by atoms with van der Waals surface area (Å²) in [5, 5.41) is 5.87. The molecule has 0 amide bonds. The van der Waals surface area contributed by atoms with Crippen LogP contribution in [0.2, 0.25) is 5.02 Å². The molecule has 0 aliphatic rings. The summed E-state index contributed by atoms with van der Waals surface area (Å²) in [6.45, 7) is 0.758. The molecule has 0 aliphatic carbocycles. The number of hydrogen-bond donors (Lipinski definition) is 2. The van der Waals surface area contributed by atoms with Crippen molar-refractivity contribution in [1.82, 2.24) is 9.78 Å². The second kappa shape index (κ2) is 6.25. The van der Waals surface area contributed by atoms with Gasteiger partial charge in [-0.3, -0.25) is 4.79 Å². The van der Waals surface area contributed by atoms with Gasteiger partial charge in [-0.2, -0.15) is 18.3 Å². The van der Waals surface area contributed by atoms with Crippen LogP contribution in [0.15, 0.2) is 11.0 Å². The van der Waals surface area contributed by atoms with E-state index in [0.717, 1.165) is 6.20 Å². The first-order chi connectivity index (χ1) is 8.74. The lowest BCUT2D eigenvalue weighted by atomic mass is 10.2. The Balaban J connectivity index is 2.89. The third-order valence-electron chi connectivity index (χ3n) is 2.39. The van der Waals surface area contributed by atoms with Crippen LogP contribution in [0.25, 0.3) is 0 Å². The smallest absolute Gasteiger partial charge is 0.381 e. The zero-order valence-corrected chi connectivity index (χ0v) is 10.9. The summed E-state index contributed by atoms with van der Waals surface area (Å²) in [5.74, 6) is 0. The maximum absolute atomic E-state index is 12.2. The van der Waals surface area contributed by atoms with Crippen LogP contribution >= 0.6 is 11.6 Å². The Hall–Kier alpha value is -1.28. The van der Waals surface area contributed by atoms with Crippen LogP contribution in [0, 0.1) is 0 Å². The molecular weight excluding hydrogens is 285 g/mol. The molecule has 0 bridgehead atoms. The fourth-order valence-corrected chi connectivity index (χ4v) is 1.47. The first kappa shape index (κ1) is 15.8. The molecule has 1 aromatic heterocycles. The number of nitrogens with two attached hydrogens (primary N) is 1. The zero-order chi connectivity index (χ0) is 14.6. The third kappa shape index (κ3) is 4.71. The number of aromatic nitrogens is 2. The molecule has 0 spiro atoms. The molecule has 0 saturated heterocycles. The number of hydrogen-bond acceptors (Lipinski definition) is 4. The summed E-state index contributed by atoms with van der Waals surface area (Å²) in [7, 11) is 0. The summed E-state index contributed by atoms with van der Waals surface area (Å²) >= 11 is 5.71. The number of rotatable bonds is 5. The molecule has 0 saturated carbocycles. The van der Waals surface area contributed by atoms with Crippen LogP contribution < -0.4 is 16.6 Å². The minimum Gasteiger partial charge on any atom is -0.381 e. The molecule has 1 heterocycles. The maximum atomic E-state index is 12.2. The molecule has 1 unspecified atom stereocenters. The van der Waals surface area contributed by atoms with Crippen LogP contribution in [0.1, 0.15) is 13.3 Å². The number of halogens is 4. The van der Waals surface area contributed by atoms with E-state index in [9.17, 15) is 18.0 Å². The van der Waals surface area contributed by atoms with Gasteiger partial charge in [0.2, 0.25) is 0 Å². The highest BCUT2D eigenvalue weighted by molar-refractivity contribution is 6.32. The highest BCUT2D eigenvalue weighted by atomic mass is 35.5. The van der Waals surface area contributed by atoms with Gasteiger partial charge in [0.05, 0.1) is 11.9 Å². The van der Waals surface area contributed by atoms with Crippen LogP contribution in [0.4, 0.5) is 18.9 Å². The Morgan fingerprint density at radius 2 is 2.21 bits per heavy atom. The molecule has 1 atom stereocenters. The number of anilines is 1. The predicted molar refractivity (Wildman–Crippen MR) is 66.3 cm³/mol. The van der Waals surface area contributed by atoms with Crippen molar-refractivity contribution in [2.45, 2.75) is 32.1 Å². The molecule has 0 aromatic carbocycles. The minimum atomic E-state index is -4.53. The van der Waals surface area contributed by atoms with Crippen molar-refractivity contribution in [1.29, 1.82) is 0 Å². The van der Waals surface area contributed by atoms with Gasteiger partial charge < -0.3 is 11.1 Å². The summed E-state index contributed by atoms with van der Waals surface area (Å²) < 4.78 is 36.8. The highest BCUT2D eigenvalue weighted by Crippen LogP contribution is 2.19. The Kier molecular flexibility index (Phi) is 5.19. The summed E-state index contributed by atoms with van der Waals surface area (Å²) in [6.07, 6.45) is -2.74. The fraction of sp³-hybridized carbons (Fsp3) is 0.600. The van der Waals surface area contributed by atoms with Gasteiger partial charge in [0, 0.05) is 12.6 Å². The van der Waals surface area contributed by atoms with Gasteiger partial charge in [0.25, 0.3) is 5.56 Å². The zero-order valence-electron chi connectivity index (χ0n) is 10.2. The van der Waals surface area contributed by atoms with Gasteiger partial charge in [-0.15, -0.1) is 0 Å². The molecule has 19 heavy (non-hydrogen) atoms. The molecule has 1 rings (SSSR count). The average molecular weight is 299 g/mol. The Bertz CT molecular complexity index is 489. The Morgan fingerprint density at radius 1 is 1.58 bits per heavy atom. The van der Waals surface area contributed by atoms with Gasteiger partial charge in [-0.1, -0.05) is 18.5 Å². The average Bonchev–Trinajstić information content (AvgIpc) is 2.32. The lowest BCUT2D eigenvalue weighted by Crippen LogP contribution is -2.32. The second-order valence-electron chi connectivity index (χ2n) is 4.00. The van der Waals surface area contributed by atoms with Gasteiger partial charge in [-0.25, -0.2) is 4.68 Å². The van der Waals surface area contributed by atoms with Crippen LogP contribution in [-0.2, 0) is 6.54 Å². The first-order valence-corrected chi connectivity index (χ1v) is 5.94. The van der Waals surface area contributed by atoms with E-state index in [1.54, 1.807) is 0 Å². The van der Waals surface area contributed by atoms with E-state index in [4.69, 9.17) is 17.3 Å². The molecule has 1 aromatic rings. The van der Waals surface area contributed by atoms with Crippen molar-refractivity contribution < 1.29 is 13.2 Å². The third-order valence-corrected chi connectivity index (χ3v) is 2.76. The largest absolute Gasteiger partial charge is 0.408 e. The predicted octanol–water partition coefficient (Wildman–Crippen LogP) is 1.61. The minimum absolute atomic E-state index is 0.145. The molecular formula is C10H14ClF3N4O. The number of nitrogens with zero attached hydrogens (tertiary/aromatic N) is 2. The van der Waals surface area contributed by atoms with Crippen molar-refractivity contribution in [3.8, 4) is 0 Å². The molecule has 0 radical (unpaired) electrons. The summed E-state index contributed by atoms with van der Waals surface area (Å²) in [4.78, 5) is 11.6. The van der Waals surface area contributed by atoms with E-state index in [2.05, 4.69) is 10.4 Å². The van der Waals surface area contributed by atoms with Crippen LogP contribution in [-0.4, -0.2) is 28.5 Å². The molecule has 9 heteroatoms. The van der Waals surface area contributed by atoms with E-state index < -0.39 is 18.3 Å². The van der Waals surface area contributed by atoms with Gasteiger partial charge in [0.15, 0.2) is 0 Å². The van der Waals surface area contributed by atoms with Crippen LogP contribution in [0.3, 0.4) is 0 Å². The van der Waals surface area contributed by atoms with E-state index in [1.165, 1.54) is 0 Å². The van der Waals surface area contributed by atoms with E-state index in [-0.39, 0.29) is 21.4 Å². The van der Waals surface area contributed by atoms with Gasteiger partial charge in [-0.05, 0) is 6.42 Å². The quantitative estimate of drug-likeness (QED) is 0.866. The molecule has 108 valence electrons. The molecule has 5 nitrogen and oxygen atoms in total. The van der Waals surface area contributed by atoms with E-state index >= 15 is 0 Å². The van der Waals surface area contributed by atoms with E-state index in [1.807, 2.05) is 6.92 Å². The normalized spacial score (nSPS) is 13.4. The lowest BCUT2D eigenvalue weighted by Gasteiger charge is -2.13. The summed E-state index contributed by atoms with van der Waals surface area (Å²) in [6, 6.07) is -0.145. The first-order valence-electron chi connectivity index (χ1n) is 5.56. The fourth-order valence-electron chi connectivity index (χ4n) is 1.26.